The Balaban J connectivity index is 1.25. The van der Waals surface area contributed by atoms with E-state index in [2.05, 4.69) is 49.2 Å². The van der Waals surface area contributed by atoms with Gasteiger partial charge in [0.25, 0.3) is 0 Å². The number of rotatable bonds is 11. The smallest absolute Gasteiger partial charge is 0.220 e. The minimum Gasteiger partial charge on any atom is -0.379 e. The Morgan fingerprint density at radius 3 is 2.45 bits per heavy atom. The van der Waals surface area contributed by atoms with E-state index in [0.29, 0.717) is 13.0 Å². The zero-order chi connectivity index (χ0) is 22.7. The normalized spacial score (nSPS) is 14.3. The lowest BCUT2D eigenvalue weighted by Gasteiger charge is -2.26. The molecule has 1 aliphatic rings. The highest BCUT2D eigenvalue weighted by Gasteiger charge is 2.16. The predicted molar refractivity (Wildman–Crippen MR) is 132 cm³/mol. The molecule has 1 aliphatic heterocycles. The molecule has 0 bridgehead atoms. The van der Waals surface area contributed by atoms with Crippen LogP contribution in [0.2, 0.25) is 0 Å². The van der Waals surface area contributed by atoms with Crippen molar-refractivity contribution in [1.82, 2.24) is 25.0 Å². The van der Waals surface area contributed by atoms with Gasteiger partial charge in [0.15, 0.2) is 11.0 Å². The molecule has 1 N–H and O–H groups in total. The molecule has 33 heavy (non-hydrogen) atoms. The van der Waals surface area contributed by atoms with Crippen molar-refractivity contribution in [2.45, 2.75) is 24.4 Å². The molecule has 0 unspecified atom stereocenters. The van der Waals surface area contributed by atoms with Gasteiger partial charge in [0.1, 0.15) is 0 Å². The van der Waals surface area contributed by atoms with Gasteiger partial charge in [0, 0.05) is 49.6 Å². The van der Waals surface area contributed by atoms with E-state index in [1.54, 1.807) is 11.8 Å². The number of aromatic nitrogens is 3. The molecule has 1 saturated heterocycles. The van der Waals surface area contributed by atoms with Gasteiger partial charge in [-0.15, -0.1) is 10.2 Å². The average molecular weight is 466 g/mol. The van der Waals surface area contributed by atoms with Crippen molar-refractivity contribution < 1.29 is 9.53 Å². The molecule has 0 aliphatic carbocycles. The SMILES string of the molecule is O=C(CCCCSc1nnc(-c2ccccc2)n1-c1ccccc1)NCCN1CCOCC1. The Bertz CT molecular complexity index is 991. The number of carbonyl (C=O) groups is 1. The monoisotopic (exact) mass is 465 g/mol. The first-order chi connectivity index (χ1) is 16.3. The summed E-state index contributed by atoms with van der Waals surface area (Å²) in [5.74, 6) is 1.86. The summed E-state index contributed by atoms with van der Waals surface area (Å²) in [7, 11) is 0. The van der Waals surface area contributed by atoms with Crippen molar-refractivity contribution in [2.24, 2.45) is 0 Å². The fraction of sp³-hybridized carbons (Fsp3) is 0.400. The summed E-state index contributed by atoms with van der Waals surface area (Å²) in [4.78, 5) is 14.5. The molecule has 0 atom stereocenters. The van der Waals surface area contributed by atoms with Crippen LogP contribution >= 0.6 is 11.8 Å². The van der Waals surface area contributed by atoms with E-state index in [1.807, 2.05) is 36.4 Å². The largest absolute Gasteiger partial charge is 0.379 e. The third-order valence-corrected chi connectivity index (χ3v) is 6.58. The minimum atomic E-state index is 0.132. The molecule has 3 aromatic rings. The van der Waals surface area contributed by atoms with Crippen LogP contribution in [0.3, 0.4) is 0 Å². The number of carbonyl (C=O) groups excluding carboxylic acids is 1. The maximum absolute atomic E-state index is 12.1. The number of nitrogens with one attached hydrogen (secondary N) is 1. The van der Waals surface area contributed by atoms with Crippen LogP contribution in [0.4, 0.5) is 0 Å². The maximum atomic E-state index is 12.1. The van der Waals surface area contributed by atoms with Crippen LogP contribution < -0.4 is 5.32 Å². The standard InChI is InChI=1S/C25H31N5O2S/c31-23(26-14-15-29-16-18-32-19-17-29)13-7-8-20-33-25-28-27-24(21-9-3-1-4-10-21)30(25)22-11-5-2-6-12-22/h1-6,9-12H,7-8,13-20H2,(H,26,31). The van der Waals surface area contributed by atoms with Crippen LogP contribution in [-0.4, -0.2) is 70.7 Å². The zero-order valence-corrected chi connectivity index (χ0v) is 19.7. The van der Waals surface area contributed by atoms with Gasteiger partial charge >= 0.3 is 0 Å². The van der Waals surface area contributed by atoms with Crippen LogP contribution in [0, 0.1) is 0 Å². The molecule has 174 valence electrons. The molecule has 7 nitrogen and oxygen atoms in total. The van der Waals surface area contributed by atoms with Crippen LogP contribution in [0.15, 0.2) is 65.8 Å². The summed E-state index contributed by atoms with van der Waals surface area (Å²) in [6.07, 6.45) is 2.37. The number of nitrogens with zero attached hydrogens (tertiary/aromatic N) is 4. The number of para-hydroxylation sites is 1. The van der Waals surface area contributed by atoms with E-state index in [4.69, 9.17) is 4.74 Å². The quantitative estimate of drug-likeness (QED) is 0.344. The predicted octanol–water partition coefficient (Wildman–Crippen LogP) is 3.65. The lowest BCUT2D eigenvalue weighted by atomic mass is 10.2. The third kappa shape index (κ3) is 6.90. The topological polar surface area (TPSA) is 72.3 Å². The summed E-state index contributed by atoms with van der Waals surface area (Å²) in [6, 6.07) is 20.3. The summed E-state index contributed by atoms with van der Waals surface area (Å²) in [6.45, 7) is 5.08. The van der Waals surface area contributed by atoms with Crippen LogP contribution in [0.5, 0.6) is 0 Å². The van der Waals surface area contributed by atoms with Crippen molar-refractivity contribution in [3.05, 3.63) is 60.7 Å². The maximum Gasteiger partial charge on any atom is 0.220 e. The second kappa shape index (κ2) is 12.5. The number of hydrogen-bond donors (Lipinski definition) is 1. The molecule has 1 aromatic heterocycles. The van der Waals surface area contributed by atoms with Gasteiger partial charge in [-0.3, -0.25) is 14.3 Å². The van der Waals surface area contributed by atoms with Crippen LogP contribution in [-0.2, 0) is 9.53 Å². The molecule has 0 spiro atoms. The Kier molecular flexibility index (Phi) is 8.91. The molecule has 8 heteroatoms. The molecule has 0 saturated carbocycles. The molecular formula is C25H31N5O2S. The van der Waals surface area contributed by atoms with Crippen molar-refractivity contribution in [2.75, 3.05) is 45.1 Å². The number of thioether (sulfide) groups is 1. The molecule has 2 aromatic carbocycles. The highest BCUT2D eigenvalue weighted by atomic mass is 32.2. The lowest BCUT2D eigenvalue weighted by molar-refractivity contribution is -0.121. The zero-order valence-electron chi connectivity index (χ0n) is 18.9. The Morgan fingerprint density at radius 2 is 1.70 bits per heavy atom. The van der Waals surface area contributed by atoms with Gasteiger partial charge in [-0.05, 0) is 25.0 Å². The number of unbranched alkanes of at least 4 members (excludes halogenated alkanes) is 1. The number of morpholine rings is 1. The summed E-state index contributed by atoms with van der Waals surface area (Å²) in [5, 5.41) is 12.9. The number of amides is 1. The van der Waals surface area contributed by atoms with Gasteiger partial charge in [0.2, 0.25) is 5.91 Å². The summed E-state index contributed by atoms with van der Waals surface area (Å²) < 4.78 is 7.46. The molecule has 4 rings (SSSR count). The second-order valence-electron chi connectivity index (χ2n) is 7.95. The molecule has 1 amide bonds. The Morgan fingerprint density at radius 1 is 0.970 bits per heavy atom. The minimum absolute atomic E-state index is 0.132. The highest BCUT2D eigenvalue weighted by molar-refractivity contribution is 7.99. The third-order valence-electron chi connectivity index (χ3n) is 5.56. The first kappa shape index (κ1) is 23.5. The van der Waals surface area contributed by atoms with Crippen molar-refractivity contribution in [1.29, 1.82) is 0 Å². The van der Waals surface area contributed by atoms with E-state index < -0.39 is 0 Å². The molecular weight excluding hydrogens is 434 g/mol. The van der Waals surface area contributed by atoms with Gasteiger partial charge in [0.05, 0.1) is 13.2 Å². The van der Waals surface area contributed by atoms with E-state index in [9.17, 15) is 4.79 Å². The summed E-state index contributed by atoms with van der Waals surface area (Å²) >= 11 is 1.68. The number of benzene rings is 2. The molecule has 2 heterocycles. The van der Waals surface area contributed by atoms with E-state index >= 15 is 0 Å². The van der Waals surface area contributed by atoms with Gasteiger partial charge in [-0.1, -0.05) is 60.3 Å². The summed E-state index contributed by atoms with van der Waals surface area (Å²) in [5.41, 5.74) is 2.08. The fourth-order valence-electron chi connectivity index (χ4n) is 3.77. The average Bonchev–Trinajstić information content (AvgIpc) is 3.29. The first-order valence-corrected chi connectivity index (χ1v) is 12.6. The van der Waals surface area contributed by atoms with E-state index in [0.717, 1.165) is 73.7 Å². The number of ether oxygens (including phenoxy) is 1. The van der Waals surface area contributed by atoms with E-state index in [1.165, 1.54) is 0 Å². The van der Waals surface area contributed by atoms with Gasteiger partial charge < -0.3 is 10.1 Å². The van der Waals surface area contributed by atoms with Crippen molar-refractivity contribution >= 4 is 17.7 Å². The van der Waals surface area contributed by atoms with Crippen LogP contribution in [0.1, 0.15) is 19.3 Å². The first-order valence-electron chi connectivity index (χ1n) is 11.6. The molecule has 0 radical (unpaired) electrons. The van der Waals surface area contributed by atoms with Gasteiger partial charge in [-0.2, -0.15) is 0 Å². The second-order valence-corrected chi connectivity index (χ2v) is 9.01. The van der Waals surface area contributed by atoms with Crippen molar-refractivity contribution in [3.63, 3.8) is 0 Å². The number of hydrogen-bond acceptors (Lipinski definition) is 6. The Hall–Kier alpha value is -2.68. The molecule has 1 fully saturated rings. The van der Waals surface area contributed by atoms with Crippen LogP contribution in [0.25, 0.3) is 17.1 Å². The lowest BCUT2D eigenvalue weighted by Crippen LogP contribution is -2.41. The highest BCUT2D eigenvalue weighted by Crippen LogP contribution is 2.28. The fourth-order valence-corrected chi connectivity index (χ4v) is 4.72. The van der Waals surface area contributed by atoms with E-state index in [-0.39, 0.29) is 5.91 Å². The van der Waals surface area contributed by atoms with Gasteiger partial charge in [-0.25, -0.2) is 0 Å². The Labute approximate surface area is 199 Å². The van der Waals surface area contributed by atoms with Crippen molar-refractivity contribution in [3.8, 4) is 17.1 Å².